The van der Waals surface area contributed by atoms with Crippen molar-refractivity contribution in [3.8, 4) is 0 Å². The second-order valence-corrected chi connectivity index (χ2v) is 6.68. The molecule has 1 heterocycles. The number of hydrogen-bond acceptors (Lipinski definition) is 4. The van der Waals surface area contributed by atoms with E-state index in [0.29, 0.717) is 37.9 Å². The molecule has 0 radical (unpaired) electrons. The summed E-state index contributed by atoms with van der Waals surface area (Å²) in [6.45, 7) is 0.262. The molecule has 1 amide bonds. The summed E-state index contributed by atoms with van der Waals surface area (Å²) in [5.74, 6) is -1.53. The highest BCUT2D eigenvalue weighted by Crippen LogP contribution is 2.38. The van der Waals surface area contributed by atoms with Crippen LogP contribution >= 0.6 is 0 Å². The fourth-order valence-corrected chi connectivity index (χ4v) is 3.88. The van der Waals surface area contributed by atoms with E-state index < -0.39 is 5.82 Å². The van der Waals surface area contributed by atoms with E-state index in [-0.39, 0.29) is 36.2 Å². The van der Waals surface area contributed by atoms with E-state index in [9.17, 15) is 19.1 Å². The van der Waals surface area contributed by atoms with Crippen LogP contribution < -0.4 is 4.90 Å². The molecule has 3 rings (SSSR count). The van der Waals surface area contributed by atoms with Crippen LogP contribution in [0.25, 0.3) is 0 Å². The Labute approximate surface area is 140 Å². The number of carbonyl (C=O) groups is 2. The van der Waals surface area contributed by atoms with Gasteiger partial charge in [0.1, 0.15) is 5.82 Å². The predicted molar refractivity (Wildman–Crippen MR) is 85.9 cm³/mol. The van der Waals surface area contributed by atoms with Crippen LogP contribution in [0.15, 0.2) is 18.2 Å². The molecule has 1 fully saturated rings. The number of fused-ring (bicyclic) bond motifs is 1. The number of amides is 1. The van der Waals surface area contributed by atoms with Crippen molar-refractivity contribution in [2.45, 2.75) is 25.7 Å². The number of rotatable bonds is 3. The normalized spacial score (nSPS) is 26.1. The quantitative estimate of drug-likeness (QED) is 0.857. The molecule has 2 aliphatic rings. The number of aliphatic hydroxyl groups excluding tert-OH is 1. The summed E-state index contributed by atoms with van der Waals surface area (Å²) in [5, 5.41) is 9.50. The van der Waals surface area contributed by atoms with E-state index in [0.717, 1.165) is 5.56 Å². The van der Waals surface area contributed by atoms with Crippen LogP contribution in [-0.2, 0) is 20.7 Å². The minimum atomic E-state index is -0.417. The van der Waals surface area contributed by atoms with Crippen LogP contribution in [0.1, 0.15) is 24.8 Å². The Bertz CT molecular complexity index is 648. The number of ether oxygens (including phenoxy) is 1. The molecule has 1 aliphatic carbocycles. The lowest BCUT2D eigenvalue weighted by Gasteiger charge is -2.35. The van der Waals surface area contributed by atoms with E-state index in [1.165, 1.54) is 18.1 Å². The molecule has 1 aromatic rings. The van der Waals surface area contributed by atoms with Gasteiger partial charge in [-0.15, -0.1) is 0 Å². The van der Waals surface area contributed by atoms with Gasteiger partial charge in [0, 0.05) is 25.0 Å². The largest absolute Gasteiger partial charge is 0.469 e. The minimum Gasteiger partial charge on any atom is -0.469 e. The molecule has 6 heteroatoms. The second kappa shape index (κ2) is 6.89. The number of carbonyl (C=O) groups excluding carboxylic acids is 2. The zero-order chi connectivity index (χ0) is 17.3. The third kappa shape index (κ3) is 3.02. The van der Waals surface area contributed by atoms with Gasteiger partial charge in [0.05, 0.1) is 18.7 Å². The lowest BCUT2D eigenvalue weighted by atomic mass is 9.91. The Balaban J connectivity index is 1.84. The van der Waals surface area contributed by atoms with Crippen molar-refractivity contribution < 1.29 is 23.8 Å². The van der Waals surface area contributed by atoms with Crippen LogP contribution in [-0.4, -0.2) is 37.2 Å². The number of nitrogens with zero attached hydrogens (tertiary/aromatic N) is 1. The topological polar surface area (TPSA) is 66.8 Å². The smallest absolute Gasteiger partial charge is 0.308 e. The van der Waals surface area contributed by atoms with Gasteiger partial charge in [0.25, 0.3) is 0 Å². The summed E-state index contributed by atoms with van der Waals surface area (Å²) in [5.41, 5.74) is 1.07. The number of methoxy groups -OCH3 is 1. The predicted octanol–water partition coefficient (Wildman–Crippen LogP) is 1.91. The summed E-state index contributed by atoms with van der Waals surface area (Å²) in [6.07, 6.45) is 2.21. The molecule has 3 atom stereocenters. The lowest BCUT2D eigenvalue weighted by Crippen LogP contribution is -2.44. The number of halogens is 1. The molecule has 0 saturated heterocycles. The van der Waals surface area contributed by atoms with E-state index in [1.54, 1.807) is 12.1 Å². The van der Waals surface area contributed by atoms with Crippen molar-refractivity contribution in [2.75, 3.05) is 25.2 Å². The molecule has 1 aliphatic heterocycles. The van der Waals surface area contributed by atoms with E-state index in [4.69, 9.17) is 4.74 Å². The third-order valence-corrected chi connectivity index (χ3v) is 5.13. The number of para-hydroxylation sites is 1. The highest BCUT2D eigenvalue weighted by molar-refractivity contribution is 5.97. The lowest BCUT2D eigenvalue weighted by molar-refractivity contribution is -0.145. The molecule has 0 bridgehead atoms. The molecule has 130 valence electrons. The van der Waals surface area contributed by atoms with Gasteiger partial charge in [0.15, 0.2) is 0 Å². The summed E-state index contributed by atoms with van der Waals surface area (Å²) in [7, 11) is 1.35. The Morgan fingerprint density at radius 2 is 2.08 bits per heavy atom. The third-order valence-electron chi connectivity index (χ3n) is 5.13. The Hall–Kier alpha value is -1.95. The standard InChI is InChI=1S/C18H22FNO4/c1-24-18(23)14-6-5-13(8-14)17(22)20-9-11(10-21)7-12-3-2-4-15(19)16(12)20/h2-4,11,13-14,21H,5-10H2,1H3/t11?,13-,14+/m0/s1. The van der Waals surface area contributed by atoms with E-state index in [1.807, 2.05) is 0 Å². The zero-order valence-corrected chi connectivity index (χ0v) is 13.7. The number of anilines is 1. The van der Waals surface area contributed by atoms with Gasteiger partial charge >= 0.3 is 5.97 Å². The number of hydrogen-bond donors (Lipinski definition) is 1. The van der Waals surface area contributed by atoms with Crippen molar-refractivity contribution in [1.82, 2.24) is 0 Å². The molecule has 24 heavy (non-hydrogen) atoms. The molecule has 5 nitrogen and oxygen atoms in total. The van der Waals surface area contributed by atoms with Crippen LogP contribution in [0.2, 0.25) is 0 Å². The van der Waals surface area contributed by atoms with Crippen molar-refractivity contribution in [3.05, 3.63) is 29.6 Å². The average Bonchev–Trinajstić information content (AvgIpc) is 3.09. The van der Waals surface area contributed by atoms with E-state index in [2.05, 4.69) is 0 Å². The van der Waals surface area contributed by atoms with Gasteiger partial charge in [-0.1, -0.05) is 12.1 Å². The van der Waals surface area contributed by atoms with Crippen molar-refractivity contribution in [1.29, 1.82) is 0 Å². The Morgan fingerprint density at radius 3 is 2.79 bits per heavy atom. The maximum Gasteiger partial charge on any atom is 0.308 e. The van der Waals surface area contributed by atoms with Crippen LogP contribution in [0, 0.1) is 23.6 Å². The monoisotopic (exact) mass is 335 g/mol. The Kier molecular flexibility index (Phi) is 4.85. The average molecular weight is 335 g/mol. The first-order valence-electron chi connectivity index (χ1n) is 8.32. The Morgan fingerprint density at radius 1 is 1.33 bits per heavy atom. The first-order chi connectivity index (χ1) is 11.5. The molecule has 1 unspecified atom stereocenters. The van der Waals surface area contributed by atoms with Gasteiger partial charge in [-0.3, -0.25) is 9.59 Å². The molecule has 1 N–H and O–H groups in total. The summed E-state index contributed by atoms with van der Waals surface area (Å²) in [6, 6.07) is 4.77. The SMILES string of the molecule is COC(=O)[C@@H]1CC[C@H](C(=O)N2CC(CO)Cc3cccc(F)c32)C1. The van der Waals surface area contributed by atoms with E-state index >= 15 is 0 Å². The van der Waals surface area contributed by atoms with Gasteiger partial charge < -0.3 is 14.7 Å². The van der Waals surface area contributed by atoms with Gasteiger partial charge in [-0.05, 0) is 37.3 Å². The molecule has 1 aromatic carbocycles. The van der Waals surface area contributed by atoms with Crippen LogP contribution in [0.3, 0.4) is 0 Å². The van der Waals surface area contributed by atoms with Crippen LogP contribution in [0.5, 0.6) is 0 Å². The first-order valence-corrected chi connectivity index (χ1v) is 8.32. The van der Waals surface area contributed by atoms with Crippen molar-refractivity contribution in [2.24, 2.45) is 17.8 Å². The minimum absolute atomic E-state index is 0.0464. The van der Waals surface area contributed by atoms with Crippen molar-refractivity contribution >= 4 is 17.6 Å². The van der Waals surface area contributed by atoms with Crippen LogP contribution in [0.4, 0.5) is 10.1 Å². The molecule has 0 aromatic heterocycles. The maximum atomic E-state index is 14.3. The molecular formula is C18H22FNO4. The van der Waals surface area contributed by atoms with Gasteiger partial charge in [0.2, 0.25) is 5.91 Å². The number of aliphatic hydroxyl groups is 1. The maximum absolute atomic E-state index is 14.3. The van der Waals surface area contributed by atoms with Crippen molar-refractivity contribution in [3.63, 3.8) is 0 Å². The number of esters is 1. The zero-order valence-electron chi connectivity index (χ0n) is 13.7. The van der Waals surface area contributed by atoms with Gasteiger partial charge in [-0.25, -0.2) is 4.39 Å². The summed E-state index contributed by atoms with van der Waals surface area (Å²) < 4.78 is 19.1. The van der Waals surface area contributed by atoms with Gasteiger partial charge in [-0.2, -0.15) is 0 Å². The molecule has 1 saturated carbocycles. The summed E-state index contributed by atoms with van der Waals surface area (Å²) >= 11 is 0. The molecular weight excluding hydrogens is 313 g/mol. The highest BCUT2D eigenvalue weighted by Gasteiger charge is 2.39. The number of benzene rings is 1. The second-order valence-electron chi connectivity index (χ2n) is 6.68. The molecule has 0 spiro atoms. The highest BCUT2D eigenvalue weighted by atomic mass is 19.1. The summed E-state index contributed by atoms with van der Waals surface area (Å²) in [4.78, 5) is 26.1. The first kappa shape index (κ1) is 16.9. The fraction of sp³-hybridized carbons (Fsp3) is 0.556. The fourth-order valence-electron chi connectivity index (χ4n) is 3.88.